The first-order valence-electron chi connectivity index (χ1n) is 29.2. The number of hydrogen-bond donors (Lipinski definition) is 1. The highest BCUT2D eigenvalue weighted by molar-refractivity contribution is 9.10. The summed E-state index contributed by atoms with van der Waals surface area (Å²) in [5.74, 6) is 0. The van der Waals surface area contributed by atoms with E-state index in [9.17, 15) is 0 Å². The van der Waals surface area contributed by atoms with Crippen LogP contribution in [0, 0.1) is 0 Å². The Bertz CT molecular complexity index is 5460. The minimum Gasteiger partial charge on any atom is -0.354 e. The molecule has 0 aliphatic rings. The van der Waals surface area contributed by atoms with E-state index >= 15 is 0 Å². The smallest absolute Gasteiger partial charge is 0.113 e. The van der Waals surface area contributed by atoms with Crippen molar-refractivity contribution in [2.24, 2.45) is 0 Å². The minimum absolute atomic E-state index is 0.868. The van der Waals surface area contributed by atoms with Gasteiger partial charge in [0, 0.05) is 59.3 Å². The van der Waals surface area contributed by atoms with Gasteiger partial charge in [0.05, 0.1) is 50.5 Å². The molecule has 0 bridgehead atoms. The van der Waals surface area contributed by atoms with Gasteiger partial charge in [0.25, 0.3) is 0 Å². The van der Waals surface area contributed by atoms with Crippen molar-refractivity contribution in [3.63, 3.8) is 0 Å². The fourth-order valence-corrected chi connectivity index (χ4v) is 13.2. The normalized spacial score (nSPS) is 11.5. The number of benzene rings is 14. The monoisotopic (exact) mass is 1170 g/mol. The molecule has 14 aromatic carbocycles. The molecule has 0 saturated heterocycles. The molecular formula is C80H51BrN6. The Balaban J connectivity index is 0.000000117. The molecule has 0 spiro atoms. The van der Waals surface area contributed by atoms with Gasteiger partial charge in [-0.1, -0.05) is 255 Å². The summed E-state index contributed by atoms with van der Waals surface area (Å²) < 4.78 is 3.34. The van der Waals surface area contributed by atoms with Gasteiger partial charge >= 0.3 is 0 Å². The van der Waals surface area contributed by atoms with E-state index < -0.39 is 0 Å². The van der Waals surface area contributed by atoms with Crippen molar-refractivity contribution >= 4 is 125 Å². The van der Waals surface area contributed by atoms with Gasteiger partial charge in [-0.3, -0.25) is 0 Å². The second kappa shape index (κ2) is 21.8. The quantitative estimate of drug-likeness (QED) is 0.186. The third-order valence-corrected chi connectivity index (χ3v) is 17.3. The summed E-state index contributed by atoms with van der Waals surface area (Å²) >= 11 is 3.58. The Labute approximate surface area is 509 Å². The highest BCUT2D eigenvalue weighted by Gasteiger charge is 2.22. The number of halogens is 1. The van der Waals surface area contributed by atoms with Crippen LogP contribution in [0.2, 0.25) is 0 Å². The van der Waals surface area contributed by atoms with Gasteiger partial charge in [0.15, 0.2) is 0 Å². The van der Waals surface area contributed by atoms with Gasteiger partial charge in [-0.15, -0.1) is 0 Å². The lowest BCUT2D eigenvalue weighted by atomic mass is 10.00. The summed E-state index contributed by atoms with van der Waals surface area (Å²) in [6, 6.07) is 106. The molecule has 0 aliphatic carbocycles. The number of rotatable bonds is 5. The van der Waals surface area contributed by atoms with Crippen molar-refractivity contribution < 1.29 is 0 Å². The summed E-state index contributed by atoms with van der Waals surface area (Å²) in [6.07, 6.45) is 0. The zero-order valence-corrected chi connectivity index (χ0v) is 48.6. The van der Waals surface area contributed by atoms with Crippen molar-refractivity contribution in [2.75, 3.05) is 0 Å². The average Bonchev–Trinajstić information content (AvgIpc) is 1.70. The molecular weight excluding hydrogens is 1120 g/mol. The molecule has 18 rings (SSSR count). The van der Waals surface area contributed by atoms with Crippen molar-refractivity contribution in [2.45, 2.75) is 0 Å². The fourth-order valence-electron chi connectivity index (χ4n) is 12.7. The maximum Gasteiger partial charge on any atom is 0.113 e. The predicted octanol–water partition coefficient (Wildman–Crippen LogP) is 21.7. The molecule has 87 heavy (non-hydrogen) atoms. The van der Waals surface area contributed by atoms with Gasteiger partial charge in [0.2, 0.25) is 0 Å². The minimum atomic E-state index is 0.868. The predicted molar refractivity (Wildman–Crippen MR) is 369 cm³/mol. The Morgan fingerprint density at radius 1 is 0.264 bits per heavy atom. The molecule has 4 aromatic heterocycles. The van der Waals surface area contributed by atoms with Crippen molar-refractivity contribution in [1.82, 2.24) is 29.5 Å². The van der Waals surface area contributed by atoms with Crippen LogP contribution in [-0.2, 0) is 0 Å². The van der Waals surface area contributed by atoms with Gasteiger partial charge in [-0.2, -0.15) is 0 Å². The van der Waals surface area contributed by atoms with Crippen LogP contribution in [0.25, 0.3) is 159 Å². The molecule has 7 heteroatoms. The average molecular weight is 1180 g/mol. The first-order chi connectivity index (χ1) is 43.1. The van der Waals surface area contributed by atoms with Crippen LogP contribution in [0.5, 0.6) is 0 Å². The van der Waals surface area contributed by atoms with E-state index in [1.165, 1.54) is 75.7 Å². The lowest BCUT2D eigenvalue weighted by Gasteiger charge is -2.15. The maximum atomic E-state index is 5.43. The summed E-state index contributed by atoms with van der Waals surface area (Å²) in [5.41, 5.74) is 17.1. The number of aromatic amines is 1. The number of H-pyrrole nitrogens is 1. The maximum absolute atomic E-state index is 5.43. The van der Waals surface area contributed by atoms with Crippen LogP contribution < -0.4 is 0 Å². The fraction of sp³-hybridized carbons (Fsp3) is 0. The van der Waals surface area contributed by atoms with E-state index in [-0.39, 0.29) is 0 Å². The highest BCUT2D eigenvalue weighted by atomic mass is 79.9. The standard InChI is InChI=1S/C40H25N3.C20H13BrN2.C20H13N/c1-3-14-28(15-4-1)38-39(29-16-5-2-6-17-29)42-40-32(41-38)20-11-21-35(40)43-33-24-22-26-12-7-9-18-30(26)36(33)37-31-19-10-8-13-27(31)23-25-34(37)43;21-16-12-7-13-17-20(16)23-19(15-10-5-2-6-11-15)18(22-17)14-8-3-1-4-9-14;1-3-7-15-13(5-1)9-11-17-19(15)20-16-8-4-2-6-14(16)10-12-18(20)21-17/h1-25H;1-13H;1-12,21H. The molecule has 408 valence electrons. The Hall–Kier alpha value is -11.1. The zero-order valence-electron chi connectivity index (χ0n) is 47.0. The van der Waals surface area contributed by atoms with Gasteiger partial charge in [-0.25, -0.2) is 19.9 Å². The molecule has 4 heterocycles. The number of hydrogen-bond acceptors (Lipinski definition) is 4. The summed E-state index contributed by atoms with van der Waals surface area (Å²) in [5, 5.41) is 15.4. The van der Waals surface area contributed by atoms with E-state index in [1.807, 2.05) is 66.7 Å². The lowest BCUT2D eigenvalue weighted by molar-refractivity contribution is 1.17. The lowest BCUT2D eigenvalue weighted by Crippen LogP contribution is -2.01. The Kier molecular flexibility index (Phi) is 12.9. The molecule has 0 aliphatic heterocycles. The number of nitrogens with one attached hydrogen (secondary N) is 1. The van der Waals surface area contributed by atoms with Gasteiger partial charge in [0.1, 0.15) is 11.0 Å². The first-order valence-corrected chi connectivity index (χ1v) is 30.0. The SMILES string of the molecule is Brc1cccc2nc(-c3ccccc3)c(-c3ccccc3)nc12.c1ccc(-c2nc3cccc(-n4c5ccc6ccccc6c5c5c6ccccc6ccc54)c3nc2-c2ccccc2)cc1.c1ccc2c(c1)ccc1[nH]c3ccc4ccccc4c3c12. The van der Waals surface area contributed by atoms with E-state index in [2.05, 4.69) is 262 Å². The second-order valence-corrected chi connectivity index (χ2v) is 22.7. The van der Waals surface area contributed by atoms with Gasteiger partial charge < -0.3 is 9.55 Å². The third-order valence-electron chi connectivity index (χ3n) is 16.7. The largest absolute Gasteiger partial charge is 0.354 e. The third kappa shape index (κ3) is 9.12. The highest BCUT2D eigenvalue weighted by Crippen LogP contribution is 2.43. The van der Waals surface area contributed by atoms with E-state index in [0.29, 0.717) is 0 Å². The van der Waals surface area contributed by atoms with Crippen LogP contribution in [0.4, 0.5) is 0 Å². The van der Waals surface area contributed by atoms with E-state index in [1.54, 1.807) is 0 Å². The molecule has 6 nitrogen and oxygen atoms in total. The molecule has 0 atom stereocenters. The number of aromatic nitrogens is 6. The van der Waals surface area contributed by atoms with Crippen LogP contribution in [0.3, 0.4) is 0 Å². The van der Waals surface area contributed by atoms with Crippen molar-refractivity contribution in [1.29, 1.82) is 0 Å². The Morgan fingerprint density at radius 3 is 1.02 bits per heavy atom. The Morgan fingerprint density at radius 2 is 0.598 bits per heavy atom. The molecule has 0 saturated carbocycles. The van der Waals surface area contributed by atoms with Crippen LogP contribution in [0.1, 0.15) is 0 Å². The van der Waals surface area contributed by atoms with Gasteiger partial charge in [-0.05, 0) is 108 Å². The van der Waals surface area contributed by atoms with Crippen LogP contribution in [-0.4, -0.2) is 29.5 Å². The second-order valence-electron chi connectivity index (χ2n) is 21.8. The number of fused-ring (bicyclic) bond motifs is 16. The van der Waals surface area contributed by atoms with Crippen LogP contribution >= 0.6 is 15.9 Å². The summed E-state index contributed by atoms with van der Waals surface area (Å²) in [7, 11) is 0. The molecule has 1 N–H and O–H groups in total. The number of nitrogens with zero attached hydrogens (tertiary/aromatic N) is 5. The molecule has 0 fully saturated rings. The zero-order chi connectivity index (χ0) is 57.8. The molecule has 0 amide bonds. The van der Waals surface area contributed by atoms with E-state index in [4.69, 9.17) is 19.9 Å². The summed E-state index contributed by atoms with van der Waals surface area (Å²) in [4.78, 5) is 24.1. The molecule has 0 unspecified atom stereocenters. The van der Waals surface area contributed by atoms with Crippen molar-refractivity contribution in [3.05, 3.63) is 308 Å². The summed E-state index contributed by atoms with van der Waals surface area (Å²) in [6.45, 7) is 0. The van der Waals surface area contributed by atoms with E-state index in [0.717, 1.165) is 88.3 Å². The van der Waals surface area contributed by atoms with Crippen molar-refractivity contribution in [3.8, 4) is 50.7 Å². The topological polar surface area (TPSA) is 72.3 Å². The number of para-hydroxylation sites is 2. The van der Waals surface area contributed by atoms with Crippen LogP contribution in [0.15, 0.2) is 308 Å². The molecule has 18 aromatic rings. The first kappa shape index (κ1) is 51.5. The molecule has 0 radical (unpaired) electrons.